The highest BCUT2D eigenvalue weighted by Crippen LogP contribution is 2.39. The molecule has 12 heavy (non-hydrogen) atoms. The van der Waals surface area contributed by atoms with Crippen molar-refractivity contribution in [2.45, 2.75) is 53.4 Å². The smallest absolute Gasteiger partial charge is 0.00903 e. The Balaban J connectivity index is 4.24. The van der Waals surface area contributed by atoms with Gasteiger partial charge in [-0.05, 0) is 24.2 Å². The van der Waals surface area contributed by atoms with Gasteiger partial charge in [0.25, 0.3) is 0 Å². The summed E-state index contributed by atoms with van der Waals surface area (Å²) >= 11 is 3.66. The topological polar surface area (TPSA) is 0 Å². The molecule has 0 N–H and O–H groups in total. The summed E-state index contributed by atoms with van der Waals surface area (Å²) in [5, 5.41) is 1.16. The van der Waals surface area contributed by atoms with E-state index in [1.54, 1.807) is 0 Å². The van der Waals surface area contributed by atoms with Gasteiger partial charge in [0, 0.05) is 5.33 Å². The summed E-state index contributed by atoms with van der Waals surface area (Å²) in [7, 11) is 0. The zero-order valence-corrected chi connectivity index (χ0v) is 10.6. The third kappa shape index (κ3) is 2.76. The molecule has 1 heteroatoms. The third-order valence-electron chi connectivity index (χ3n) is 3.44. The second-order valence-electron chi connectivity index (χ2n) is 3.89. The maximum atomic E-state index is 3.66. The summed E-state index contributed by atoms with van der Waals surface area (Å²) in [5.41, 5.74) is 0.552. The van der Waals surface area contributed by atoms with Crippen molar-refractivity contribution >= 4 is 15.9 Å². The summed E-state index contributed by atoms with van der Waals surface area (Å²) in [6, 6.07) is 0. The molecule has 0 fully saturated rings. The van der Waals surface area contributed by atoms with E-state index in [2.05, 4.69) is 43.6 Å². The Bertz CT molecular complexity index is 97.3. The van der Waals surface area contributed by atoms with Crippen molar-refractivity contribution in [2.75, 3.05) is 5.33 Å². The first-order valence-corrected chi connectivity index (χ1v) is 6.34. The van der Waals surface area contributed by atoms with Crippen LogP contribution < -0.4 is 0 Å². The Labute approximate surface area is 86.3 Å². The normalized spacial score (nSPS) is 14.8. The first kappa shape index (κ1) is 12.5. The van der Waals surface area contributed by atoms with E-state index in [4.69, 9.17) is 0 Å². The Morgan fingerprint density at radius 2 is 1.67 bits per heavy atom. The Morgan fingerprint density at radius 1 is 1.17 bits per heavy atom. The van der Waals surface area contributed by atoms with Crippen LogP contribution >= 0.6 is 15.9 Å². The minimum absolute atomic E-state index is 0.552. The third-order valence-corrected chi connectivity index (χ3v) is 4.56. The van der Waals surface area contributed by atoms with E-state index in [1.165, 1.54) is 25.7 Å². The van der Waals surface area contributed by atoms with E-state index >= 15 is 0 Å². The fraction of sp³-hybridized carbons (Fsp3) is 1.00. The van der Waals surface area contributed by atoms with Crippen LogP contribution in [0.5, 0.6) is 0 Å². The number of hydrogen-bond acceptors (Lipinski definition) is 0. The molecule has 0 amide bonds. The van der Waals surface area contributed by atoms with E-state index in [1.807, 2.05) is 0 Å². The van der Waals surface area contributed by atoms with Crippen molar-refractivity contribution in [3.63, 3.8) is 0 Å². The Morgan fingerprint density at radius 3 is 1.92 bits per heavy atom. The molecule has 0 bridgehead atoms. The van der Waals surface area contributed by atoms with Crippen LogP contribution in [0.15, 0.2) is 0 Å². The minimum Gasteiger partial charge on any atom is -0.0922 e. The highest BCUT2D eigenvalue weighted by atomic mass is 79.9. The van der Waals surface area contributed by atoms with Gasteiger partial charge in [-0.2, -0.15) is 0 Å². The van der Waals surface area contributed by atoms with Crippen LogP contribution in [0.25, 0.3) is 0 Å². The largest absolute Gasteiger partial charge is 0.0922 e. The lowest BCUT2D eigenvalue weighted by molar-refractivity contribution is 0.181. The average molecular weight is 235 g/mol. The number of alkyl halides is 1. The fourth-order valence-electron chi connectivity index (χ4n) is 2.01. The minimum atomic E-state index is 0.552. The zero-order valence-electron chi connectivity index (χ0n) is 8.99. The van der Waals surface area contributed by atoms with Crippen molar-refractivity contribution in [3.8, 4) is 0 Å². The highest BCUT2D eigenvalue weighted by Gasteiger charge is 2.30. The second-order valence-corrected chi connectivity index (χ2v) is 4.45. The van der Waals surface area contributed by atoms with Gasteiger partial charge in [-0.3, -0.25) is 0 Å². The molecule has 1 unspecified atom stereocenters. The summed E-state index contributed by atoms with van der Waals surface area (Å²) in [4.78, 5) is 0. The van der Waals surface area contributed by atoms with Gasteiger partial charge in [0.05, 0.1) is 0 Å². The van der Waals surface area contributed by atoms with Crippen LogP contribution in [0, 0.1) is 11.3 Å². The molecule has 0 aromatic rings. The van der Waals surface area contributed by atoms with Gasteiger partial charge in [-0.1, -0.05) is 56.5 Å². The predicted molar refractivity (Wildman–Crippen MR) is 60.9 cm³/mol. The molecule has 0 nitrogen and oxygen atoms in total. The van der Waals surface area contributed by atoms with Gasteiger partial charge in [0.15, 0.2) is 0 Å². The highest BCUT2D eigenvalue weighted by molar-refractivity contribution is 9.09. The molecular formula is C11H23Br. The van der Waals surface area contributed by atoms with E-state index in [0.717, 1.165) is 11.2 Å². The number of halogens is 1. The van der Waals surface area contributed by atoms with E-state index in [0.29, 0.717) is 5.41 Å². The summed E-state index contributed by atoms with van der Waals surface area (Å²) in [6.07, 6.45) is 5.29. The predicted octanol–water partition coefficient (Wildman–Crippen LogP) is 4.62. The SMILES string of the molecule is CCCC(C)C(CC)(CC)CBr. The van der Waals surface area contributed by atoms with Gasteiger partial charge in [0.2, 0.25) is 0 Å². The molecule has 0 saturated heterocycles. The molecule has 0 spiro atoms. The number of hydrogen-bond donors (Lipinski definition) is 0. The maximum absolute atomic E-state index is 3.66. The summed E-state index contributed by atoms with van der Waals surface area (Å²) < 4.78 is 0. The van der Waals surface area contributed by atoms with Gasteiger partial charge in [0.1, 0.15) is 0 Å². The zero-order chi connectivity index (χ0) is 9.61. The van der Waals surface area contributed by atoms with Crippen LogP contribution in [0.3, 0.4) is 0 Å². The lowest BCUT2D eigenvalue weighted by atomic mass is 9.72. The molecule has 0 aliphatic carbocycles. The van der Waals surface area contributed by atoms with Crippen molar-refractivity contribution in [1.82, 2.24) is 0 Å². The first-order valence-electron chi connectivity index (χ1n) is 5.22. The van der Waals surface area contributed by atoms with Gasteiger partial charge in [-0.15, -0.1) is 0 Å². The van der Waals surface area contributed by atoms with Crippen LogP contribution in [0.1, 0.15) is 53.4 Å². The molecule has 0 aromatic heterocycles. The van der Waals surface area contributed by atoms with Crippen molar-refractivity contribution in [3.05, 3.63) is 0 Å². The molecule has 0 rings (SSSR count). The molecule has 0 aromatic carbocycles. The van der Waals surface area contributed by atoms with E-state index in [-0.39, 0.29) is 0 Å². The van der Waals surface area contributed by atoms with Crippen molar-refractivity contribution in [1.29, 1.82) is 0 Å². The quantitative estimate of drug-likeness (QED) is 0.589. The standard InChI is InChI=1S/C11H23Br/c1-5-8-10(4)11(6-2,7-3)9-12/h10H,5-9H2,1-4H3. The Kier molecular flexibility index (Phi) is 6.25. The van der Waals surface area contributed by atoms with Crippen molar-refractivity contribution in [2.24, 2.45) is 11.3 Å². The lowest BCUT2D eigenvalue weighted by Crippen LogP contribution is -2.29. The summed E-state index contributed by atoms with van der Waals surface area (Å²) in [6.45, 7) is 9.31. The molecule has 0 aliphatic heterocycles. The second kappa shape index (κ2) is 6.01. The monoisotopic (exact) mass is 234 g/mol. The van der Waals surface area contributed by atoms with Crippen LogP contribution in [0.2, 0.25) is 0 Å². The molecule has 0 saturated carbocycles. The van der Waals surface area contributed by atoms with Crippen molar-refractivity contribution < 1.29 is 0 Å². The molecular weight excluding hydrogens is 212 g/mol. The first-order chi connectivity index (χ1) is 5.66. The van der Waals surface area contributed by atoms with Gasteiger partial charge >= 0.3 is 0 Å². The maximum Gasteiger partial charge on any atom is 0.00903 e. The lowest BCUT2D eigenvalue weighted by Gasteiger charge is -2.36. The van der Waals surface area contributed by atoms with Crippen LogP contribution in [-0.2, 0) is 0 Å². The van der Waals surface area contributed by atoms with E-state index in [9.17, 15) is 0 Å². The fourth-order valence-corrected chi connectivity index (χ4v) is 3.35. The number of rotatable bonds is 6. The summed E-state index contributed by atoms with van der Waals surface area (Å²) in [5.74, 6) is 0.858. The Hall–Kier alpha value is 0.480. The van der Waals surface area contributed by atoms with Gasteiger partial charge < -0.3 is 0 Å². The molecule has 0 radical (unpaired) electrons. The molecule has 1 atom stereocenters. The van der Waals surface area contributed by atoms with Gasteiger partial charge in [-0.25, -0.2) is 0 Å². The molecule has 74 valence electrons. The van der Waals surface area contributed by atoms with E-state index < -0.39 is 0 Å². The average Bonchev–Trinajstić information content (AvgIpc) is 2.09. The van der Waals surface area contributed by atoms with Crippen LogP contribution in [-0.4, -0.2) is 5.33 Å². The molecule has 0 aliphatic rings. The molecule has 0 heterocycles. The van der Waals surface area contributed by atoms with Crippen LogP contribution in [0.4, 0.5) is 0 Å².